The second-order valence-electron chi connectivity index (χ2n) is 15.9. The lowest BCUT2D eigenvalue weighted by Crippen LogP contribution is -2.28. The predicted molar refractivity (Wildman–Crippen MR) is 212 cm³/mol. The number of rotatable bonds is 34. The van der Waals surface area contributed by atoms with Gasteiger partial charge in [-0.3, -0.25) is 9.59 Å². The second-order valence-corrected chi connectivity index (χ2v) is 15.9. The lowest BCUT2D eigenvalue weighted by molar-refractivity contribution is -0.161. The Kier molecular flexibility index (Phi) is 30.3. The quantitative estimate of drug-likeness (QED) is 0.0292. The lowest BCUT2D eigenvalue weighted by atomic mass is 9.89. The highest BCUT2D eigenvalue weighted by Crippen LogP contribution is 2.36. The molecule has 0 aromatic heterocycles. The Bertz CT molecular complexity index is 918. The van der Waals surface area contributed by atoms with E-state index in [9.17, 15) is 30.0 Å². The van der Waals surface area contributed by atoms with Gasteiger partial charge in [0.25, 0.3) is 0 Å². The van der Waals surface area contributed by atoms with E-state index in [-0.39, 0.29) is 30.8 Å². The molecule has 4 N–H and O–H groups in total. The van der Waals surface area contributed by atoms with Crippen LogP contribution in [0.15, 0.2) is 24.3 Å². The molecular formula is C44H80O8. The van der Waals surface area contributed by atoms with Crippen molar-refractivity contribution in [1.29, 1.82) is 0 Å². The van der Waals surface area contributed by atoms with Gasteiger partial charge in [-0.2, -0.15) is 0 Å². The third kappa shape index (κ3) is 26.1. The zero-order chi connectivity index (χ0) is 38.2. The van der Waals surface area contributed by atoms with Crippen LogP contribution in [0, 0.1) is 17.8 Å². The van der Waals surface area contributed by atoms with Crippen molar-refractivity contribution in [2.75, 3.05) is 13.2 Å². The third-order valence-corrected chi connectivity index (χ3v) is 10.5. The molecule has 1 rings (SSSR count). The van der Waals surface area contributed by atoms with Crippen LogP contribution < -0.4 is 0 Å². The average molecular weight is 737 g/mol. The molecule has 0 saturated heterocycles. The topological polar surface area (TPSA) is 134 Å². The van der Waals surface area contributed by atoms with Gasteiger partial charge in [0.15, 0.2) is 6.10 Å². The van der Waals surface area contributed by atoms with E-state index in [1.165, 1.54) is 83.5 Å². The Morgan fingerprint density at radius 2 is 1.27 bits per heavy atom. The molecule has 0 heterocycles. The molecule has 304 valence electrons. The van der Waals surface area contributed by atoms with Crippen molar-refractivity contribution in [3.05, 3.63) is 24.3 Å². The van der Waals surface area contributed by atoms with E-state index in [1.54, 1.807) is 6.08 Å². The highest BCUT2D eigenvalue weighted by atomic mass is 16.6. The van der Waals surface area contributed by atoms with Gasteiger partial charge in [-0.05, 0) is 43.9 Å². The van der Waals surface area contributed by atoms with Crippen LogP contribution in [0.2, 0.25) is 0 Å². The van der Waals surface area contributed by atoms with E-state index in [4.69, 9.17) is 9.47 Å². The Balaban J connectivity index is 2.06. The zero-order valence-electron chi connectivity index (χ0n) is 33.6. The summed E-state index contributed by atoms with van der Waals surface area (Å²) in [5.41, 5.74) is 0. The number of esters is 2. The maximum atomic E-state index is 12.3. The maximum Gasteiger partial charge on any atom is 0.306 e. The maximum absolute atomic E-state index is 12.3. The Morgan fingerprint density at radius 1 is 0.712 bits per heavy atom. The van der Waals surface area contributed by atoms with Crippen molar-refractivity contribution in [3.63, 3.8) is 0 Å². The number of aliphatic hydroxyl groups excluding tert-OH is 4. The van der Waals surface area contributed by atoms with E-state index in [0.717, 1.165) is 44.4 Å². The lowest BCUT2D eigenvalue weighted by Gasteiger charge is -2.19. The molecule has 0 radical (unpaired) electrons. The summed E-state index contributed by atoms with van der Waals surface area (Å²) in [7, 11) is 0. The number of allylic oxidation sites excluding steroid dienone is 2. The molecule has 52 heavy (non-hydrogen) atoms. The zero-order valence-corrected chi connectivity index (χ0v) is 33.6. The van der Waals surface area contributed by atoms with Crippen molar-refractivity contribution >= 4 is 11.9 Å². The van der Waals surface area contributed by atoms with Gasteiger partial charge < -0.3 is 29.9 Å². The summed E-state index contributed by atoms with van der Waals surface area (Å²) in [6.07, 6.45) is 31.9. The van der Waals surface area contributed by atoms with Gasteiger partial charge in [-0.1, -0.05) is 161 Å². The molecule has 0 aromatic rings. The molecule has 0 bridgehead atoms. The summed E-state index contributed by atoms with van der Waals surface area (Å²) in [5, 5.41) is 40.7. The molecule has 0 unspecified atom stereocenters. The first-order chi connectivity index (χ1) is 25.2. The van der Waals surface area contributed by atoms with Crippen molar-refractivity contribution in [2.45, 2.75) is 212 Å². The number of carbonyl (C=O) groups is 2. The van der Waals surface area contributed by atoms with E-state index in [0.29, 0.717) is 38.5 Å². The van der Waals surface area contributed by atoms with E-state index < -0.39 is 37.0 Å². The van der Waals surface area contributed by atoms with E-state index >= 15 is 0 Å². The first kappa shape index (κ1) is 48.3. The van der Waals surface area contributed by atoms with Gasteiger partial charge in [-0.15, -0.1) is 0 Å². The first-order valence-electron chi connectivity index (χ1n) is 21.5. The van der Waals surface area contributed by atoms with Gasteiger partial charge in [0.2, 0.25) is 0 Å². The summed E-state index contributed by atoms with van der Waals surface area (Å²) in [5.74, 6) is -0.251. The summed E-state index contributed by atoms with van der Waals surface area (Å²) >= 11 is 0. The molecule has 1 aliphatic carbocycles. The van der Waals surface area contributed by atoms with Gasteiger partial charge in [0.1, 0.15) is 6.61 Å². The molecule has 8 heteroatoms. The van der Waals surface area contributed by atoms with Crippen molar-refractivity contribution < 1.29 is 39.5 Å². The van der Waals surface area contributed by atoms with Crippen LogP contribution in [-0.4, -0.2) is 70.0 Å². The molecule has 0 aliphatic heterocycles. The molecule has 1 aliphatic rings. The van der Waals surface area contributed by atoms with Crippen LogP contribution in [-0.2, 0) is 19.1 Å². The van der Waals surface area contributed by atoms with Crippen LogP contribution in [0.4, 0.5) is 0 Å². The highest BCUT2D eigenvalue weighted by Gasteiger charge is 2.39. The Labute approximate surface area is 318 Å². The van der Waals surface area contributed by atoms with Crippen LogP contribution in [0.3, 0.4) is 0 Å². The Morgan fingerprint density at radius 3 is 1.85 bits per heavy atom. The van der Waals surface area contributed by atoms with Crippen LogP contribution >= 0.6 is 0 Å². The van der Waals surface area contributed by atoms with Gasteiger partial charge >= 0.3 is 11.9 Å². The normalized spacial score (nSPS) is 20.3. The molecule has 0 amide bonds. The molecule has 0 aromatic carbocycles. The average Bonchev–Trinajstić information content (AvgIpc) is 3.39. The number of hydrogen-bond acceptors (Lipinski definition) is 8. The monoisotopic (exact) mass is 737 g/mol. The van der Waals surface area contributed by atoms with Gasteiger partial charge in [-0.25, -0.2) is 0 Å². The summed E-state index contributed by atoms with van der Waals surface area (Å²) in [6, 6.07) is 0. The summed E-state index contributed by atoms with van der Waals surface area (Å²) in [6.45, 7) is 6.20. The van der Waals surface area contributed by atoms with Crippen LogP contribution in [0.25, 0.3) is 0 Å². The molecule has 1 saturated carbocycles. The number of hydrogen-bond donors (Lipinski definition) is 4. The number of unbranched alkanes of at least 4 members (excludes halogenated alkanes) is 17. The largest absolute Gasteiger partial charge is 0.462 e. The number of aliphatic hydroxyl groups is 4. The smallest absolute Gasteiger partial charge is 0.306 e. The fourth-order valence-electron chi connectivity index (χ4n) is 7.15. The van der Waals surface area contributed by atoms with E-state index in [1.807, 2.05) is 18.2 Å². The predicted octanol–water partition coefficient (Wildman–Crippen LogP) is 9.69. The van der Waals surface area contributed by atoms with Crippen LogP contribution in [0.1, 0.15) is 188 Å². The minimum Gasteiger partial charge on any atom is -0.462 e. The van der Waals surface area contributed by atoms with E-state index in [2.05, 4.69) is 20.8 Å². The van der Waals surface area contributed by atoms with Gasteiger partial charge in [0.05, 0.1) is 24.9 Å². The first-order valence-corrected chi connectivity index (χ1v) is 21.5. The van der Waals surface area contributed by atoms with Gasteiger partial charge in [0, 0.05) is 25.2 Å². The van der Waals surface area contributed by atoms with Crippen molar-refractivity contribution in [1.82, 2.24) is 0 Å². The minimum atomic E-state index is -0.864. The molecular weight excluding hydrogens is 656 g/mol. The number of carbonyl (C=O) groups excluding carboxylic acids is 2. The van der Waals surface area contributed by atoms with Crippen molar-refractivity contribution in [3.8, 4) is 0 Å². The summed E-state index contributed by atoms with van der Waals surface area (Å²) < 4.78 is 10.6. The molecule has 6 atom stereocenters. The van der Waals surface area contributed by atoms with Crippen LogP contribution in [0.5, 0.6) is 0 Å². The standard InChI is InChI=1S/C44H80O8/c1-4-5-21-27-37(46)31-32-40-39(41(47)33-42(40)48)28-23-19-20-25-30-44(50)52-38(34-45)35-51-43(49)29-24-18-16-14-12-10-8-6-7-9-11-13-15-17-22-26-36(2)3/h19,23,31-32,36-42,45-48H,4-18,20-22,24-30,33-35H2,1-3H3/b23-19+,32-31+/t37-,38-,39+,40+,41-,42+/m0/s1. The molecule has 1 fully saturated rings. The second kappa shape index (κ2) is 32.7. The third-order valence-electron chi connectivity index (χ3n) is 10.5. The molecule has 0 spiro atoms. The number of ether oxygens (including phenoxy) is 2. The minimum absolute atomic E-state index is 0.123. The SMILES string of the molecule is CCCCC[C@H](O)/C=C/[C@@H]1[C@@H](C/C=C/CCCC(=O)O[C@@H](CO)COC(=O)CCCCCCCCCCCCCCCCCC(C)C)[C@@H](O)C[C@H]1O. The Hall–Kier alpha value is -1.74. The fourth-order valence-corrected chi connectivity index (χ4v) is 7.15. The summed E-state index contributed by atoms with van der Waals surface area (Å²) in [4.78, 5) is 24.5. The fraction of sp³-hybridized carbons (Fsp3) is 0.864. The molecule has 8 nitrogen and oxygen atoms in total. The highest BCUT2D eigenvalue weighted by molar-refractivity contribution is 5.70. The van der Waals surface area contributed by atoms with Crippen molar-refractivity contribution in [2.24, 2.45) is 17.8 Å².